The molecule has 1 N–H and O–H groups in total. The number of benzene rings is 2. The van der Waals surface area contributed by atoms with Crippen LogP contribution in [0.25, 0.3) is 0 Å². The van der Waals surface area contributed by atoms with E-state index in [1.165, 1.54) is 0 Å². The van der Waals surface area contributed by atoms with E-state index in [1.54, 1.807) is 12.5 Å². The van der Waals surface area contributed by atoms with Gasteiger partial charge in [-0.05, 0) is 0 Å². The van der Waals surface area contributed by atoms with Crippen molar-refractivity contribution in [3.8, 4) is 11.5 Å². The SMILES string of the molecule is C[N+](C)(C)CCOCc1cnc[nH]1.O=[N+]([O-])c1cc([N+](=O)[O-])c([O-])c([N+](=O)[O-])c1.O=[N+]([O-])c1cc([N+](=O)[O-])c([O-])c([N+](=O)[O-])c1. The number of nitrogens with zero attached hydrogens (tertiary/aromatic N) is 8. The Morgan fingerprint density at radius 1 is 0.667 bits per heavy atom. The highest BCUT2D eigenvalue weighted by Gasteiger charge is 2.25. The number of aromatic amines is 1. The van der Waals surface area contributed by atoms with Gasteiger partial charge in [0.25, 0.3) is 34.1 Å². The molecule has 3 aromatic rings. The van der Waals surface area contributed by atoms with Crippen molar-refractivity contribution < 1.29 is 49.0 Å². The Bertz CT molecular complexity index is 1430. The van der Waals surface area contributed by atoms with Crippen LogP contribution >= 0.6 is 0 Å². The summed E-state index contributed by atoms with van der Waals surface area (Å²) in [5, 5.41) is 84.2. The molecule has 0 aliphatic heterocycles. The second-order valence-corrected chi connectivity index (χ2v) is 9.31. The quantitative estimate of drug-likeness (QED) is 0.134. The van der Waals surface area contributed by atoms with Crippen LogP contribution < -0.4 is 10.2 Å². The maximum Gasteiger partial charge on any atom is 0.283 e. The molecule has 3 rings (SSSR count). The van der Waals surface area contributed by atoms with Crippen LogP contribution in [0.5, 0.6) is 11.5 Å². The third kappa shape index (κ3) is 11.4. The molecule has 45 heavy (non-hydrogen) atoms. The monoisotopic (exact) mass is 640 g/mol. The molecule has 24 heteroatoms. The van der Waals surface area contributed by atoms with E-state index < -0.39 is 75.2 Å². The number of non-ortho nitro benzene ring substituents is 2. The Labute approximate surface area is 249 Å². The van der Waals surface area contributed by atoms with Crippen LogP contribution in [0.1, 0.15) is 5.69 Å². The number of hydrogen-bond acceptors (Lipinski definition) is 16. The molecule has 0 atom stereocenters. The van der Waals surface area contributed by atoms with Crippen molar-refractivity contribution in [1.29, 1.82) is 0 Å². The van der Waals surface area contributed by atoms with E-state index in [4.69, 9.17) is 4.74 Å². The van der Waals surface area contributed by atoms with E-state index in [9.17, 15) is 70.9 Å². The first-order chi connectivity index (χ1) is 20.8. The molecule has 0 radical (unpaired) electrons. The zero-order chi connectivity index (χ0) is 34.6. The third-order valence-corrected chi connectivity index (χ3v) is 5.00. The molecule has 0 fully saturated rings. The minimum Gasteiger partial charge on any atom is -0.863 e. The number of quaternary nitrogens is 1. The van der Waals surface area contributed by atoms with Gasteiger partial charge in [0, 0.05) is 0 Å². The standard InChI is InChI=1S/C9H18N3O.2C6H3N3O7/c1-12(2,3)4-5-13-7-9-6-10-8-11-9;2*10-6-4(8(13)14)1-3(7(11)12)2-5(6)9(15)16/h6,8H,4-5,7H2,1-3H3,(H,10,11);2*1-2,10H/q+1;;/p-2. The van der Waals surface area contributed by atoms with Crippen molar-refractivity contribution in [2.75, 3.05) is 34.3 Å². The van der Waals surface area contributed by atoms with Crippen molar-refractivity contribution in [2.24, 2.45) is 0 Å². The third-order valence-electron chi connectivity index (χ3n) is 5.00. The largest absolute Gasteiger partial charge is 0.863 e. The normalized spacial score (nSPS) is 10.4. The molecule has 24 nitrogen and oxygen atoms in total. The first-order valence-corrected chi connectivity index (χ1v) is 11.7. The van der Waals surface area contributed by atoms with Gasteiger partial charge in [-0.2, -0.15) is 0 Å². The lowest BCUT2D eigenvalue weighted by molar-refractivity contribution is -0.870. The lowest BCUT2D eigenvalue weighted by Gasteiger charge is -2.23. The minimum absolute atomic E-state index is 0.384. The van der Waals surface area contributed by atoms with E-state index >= 15 is 0 Å². The fraction of sp³-hybridized carbons (Fsp3) is 0.286. The average molecular weight is 640 g/mol. The van der Waals surface area contributed by atoms with Crippen LogP contribution in [0, 0.1) is 60.7 Å². The van der Waals surface area contributed by atoms with Crippen molar-refractivity contribution in [3.63, 3.8) is 0 Å². The molecule has 242 valence electrons. The molecule has 0 bridgehead atoms. The summed E-state index contributed by atoms with van der Waals surface area (Å²) in [4.78, 5) is 61.9. The highest BCUT2D eigenvalue weighted by atomic mass is 16.7. The summed E-state index contributed by atoms with van der Waals surface area (Å²) >= 11 is 0. The van der Waals surface area contributed by atoms with Gasteiger partial charge in [-0.25, -0.2) is 4.98 Å². The Hall–Kier alpha value is -6.43. The number of ether oxygens (including phenoxy) is 1. The fourth-order valence-corrected chi connectivity index (χ4v) is 2.81. The predicted molar refractivity (Wildman–Crippen MR) is 143 cm³/mol. The minimum atomic E-state index is -1.46. The van der Waals surface area contributed by atoms with Gasteiger partial charge in [0.2, 0.25) is 0 Å². The second kappa shape index (κ2) is 15.7. The van der Waals surface area contributed by atoms with E-state index in [0.29, 0.717) is 30.9 Å². The van der Waals surface area contributed by atoms with Gasteiger partial charge in [-0.3, -0.25) is 60.7 Å². The zero-order valence-electron chi connectivity index (χ0n) is 23.3. The van der Waals surface area contributed by atoms with E-state index in [0.717, 1.165) is 23.3 Å². The van der Waals surface area contributed by atoms with E-state index in [-0.39, 0.29) is 0 Å². The topological polar surface area (TPSA) is 343 Å². The summed E-state index contributed by atoms with van der Waals surface area (Å²) in [7, 11) is 6.46. The fourth-order valence-electron chi connectivity index (χ4n) is 2.81. The molecule has 2 aromatic carbocycles. The maximum absolute atomic E-state index is 11.1. The van der Waals surface area contributed by atoms with Crippen molar-refractivity contribution in [1.82, 2.24) is 9.97 Å². The number of nitro benzene ring substituents is 6. The Morgan fingerprint density at radius 2 is 1.02 bits per heavy atom. The van der Waals surface area contributed by atoms with Gasteiger partial charge < -0.3 is 24.4 Å². The van der Waals surface area contributed by atoms with Crippen LogP contribution in [0.3, 0.4) is 0 Å². The summed E-state index contributed by atoms with van der Waals surface area (Å²) in [5.41, 5.74) is -5.50. The molecule has 0 saturated heterocycles. The van der Waals surface area contributed by atoms with Crippen molar-refractivity contribution >= 4 is 34.1 Å². The van der Waals surface area contributed by atoms with E-state index in [1.807, 2.05) is 0 Å². The Kier molecular flexibility index (Phi) is 12.8. The maximum atomic E-state index is 11.1. The molecule has 0 aliphatic carbocycles. The summed E-state index contributed by atoms with van der Waals surface area (Å²) in [6.45, 7) is 2.43. The van der Waals surface area contributed by atoms with Crippen LogP contribution in [-0.2, 0) is 11.3 Å². The number of rotatable bonds is 11. The lowest BCUT2D eigenvalue weighted by atomic mass is 10.2. The molecule has 0 saturated carbocycles. The smallest absolute Gasteiger partial charge is 0.283 e. The molecule has 0 aliphatic rings. The Balaban J connectivity index is 0.000000340. The average Bonchev–Trinajstić information content (AvgIpc) is 3.44. The Morgan fingerprint density at radius 3 is 1.27 bits per heavy atom. The molecule has 0 unspecified atom stereocenters. The van der Waals surface area contributed by atoms with Gasteiger partial charge >= 0.3 is 0 Å². The number of H-pyrrole nitrogens is 1. The van der Waals surface area contributed by atoms with Gasteiger partial charge in [-0.15, -0.1) is 0 Å². The molecule has 1 heterocycles. The summed E-state index contributed by atoms with van der Waals surface area (Å²) in [6, 6.07) is 1.54. The molecule has 1 aromatic heterocycles. The number of aromatic nitrogens is 2. The van der Waals surface area contributed by atoms with Gasteiger partial charge in [-0.1, -0.05) is 0 Å². The lowest BCUT2D eigenvalue weighted by Crippen LogP contribution is -2.37. The van der Waals surface area contributed by atoms with Gasteiger partial charge in [0.15, 0.2) is 0 Å². The van der Waals surface area contributed by atoms with Crippen molar-refractivity contribution in [2.45, 2.75) is 6.61 Å². The van der Waals surface area contributed by atoms with Crippen LogP contribution in [0.2, 0.25) is 0 Å². The van der Waals surface area contributed by atoms with E-state index in [2.05, 4.69) is 31.1 Å². The number of nitrogens with one attached hydrogen (secondary N) is 1. The van der Waals surface area contributed by atoms with Crippen molar-refractivity contribution in [3.05, 3.63) is 103 Å². The predicted octanol–water partition coefficient (Wildman–Crippen LogP) is 1.60. The van der Waals surface area contributed by atoms with Gasteiger partial charge in [0.05, 0.1) is 118 Å². The number of imidazole rings is 1. The van der Waals surface area contributed by atoms with Gasteiger partial charge in [0.1, 0.15) is 6.54 Å². The molecular formula is C21H22N9O15-. The summed E-state index contributed by atoms with van der Waals surface area (Å²) < 4.78 is 6.40. The zero-order valence-corrected chi connectivity index (χ0v) is 23.3. The van der Waals surface area contributed by atoms with Crippen LogP contribution in [-0.4, -0.2) is 78.3 Å². The number of likely N-dealkylation sites (N-methyl/N-ethyl adjacent to an activating group) is 1. The summed E-state index contributed by atoms with van der Waals surface area (Å²) in [5.74, 6) is -2.92. The first kappa shape index (κ1) is 36.6. The molecule has 0 amide bonds. The molecular weight excluding hydrogens is 618 g/mol. The highest BCUT2D eigenvalue weighted by molar-refractivity contribution is 5.64. The second-order valence-electron chi connectivity index (χ2n) is 9.31. The van der Waals surface area contributed by atoms with Crippen LogP contribution in [0.15, 0.2) is 36.8 Å². The number of hydrogen-bond donors (Lipinski definition) is 1. The van der Waals surface area contributed by atoms with Crippen LogP contribution in [0.4, 0.5) is 34.1 Å². The first-order valence-electron chi connectivity index (χ1n) is 11.7. The highest BCUT2D eigenvalue weighted by Crippen LogP contribution is 2.38. The summed E-state index contributed by atoms with van der Waals surface area (Å²) in [6.07, 6.45) is 3.45. The number of nitro groups is 6. The molecule has 0 spiro atoms.